The number of halogens is 1. The first-order valence-electron chi connectivity index (χ1n) is 3.71. The van der Waals surface area contributed by atoms with Crippen molar-refractivity contribution in [3.05, 3.63) is 28.2 Å². The lowest BCUT2D eigenvalue weighted by atomic mass is 10.1. The Kier molecular flexibility index (Phi) is 3.81. The number of benzene rings is 1. The molecule has 0 spiro atoms. The third-order valence-corrected chi connectivity index (χ3v) is 2.49. The number of hydrogen-bond donors (Lipinski definition) is 1. The average Bonchev–Trinajstić information content (AvgIpc) is 2.16. The monoisotopic (exact) mass is 259 g/mol. The van der Waals surface area contributed by atoms with Crippen LogP contribution in [-0.4, -0.2) is 12.8 Å². The molecule has 0 aromatic heterocycles. The summed E-state index contributed by atoms with van der Waals surface area (Å²) in [4.78, 5) is 0. The number of rotatable bonds is 2. The van der Waals surface area contributed by atoms with Gasteiger partial charge in [0.05, 0.1) is 12.8 Å². The van der Waals surface area contributed by atoms with Crippen LogP contribution in [0.1, 0.15) is 12.5 Å². The fourth-order valence-electron chi connectivity index (χ4n) is 1.02. The first-order chi connectivity index (χ1) is 6.19. The molecule has 0 aliphatic carbocycles. The quantitative estimate of drug-likeness (QED) is 0.640. The molecule has 0 saturated carbocycles. The highest BCUT2D eigenvalue weighted by atomic mass is 79.9. The predicted octanol–water partition coefficient (Wildman–Crippen LogP) is 3.11. The summed E-state index contributed by atoms with van der Waals surface area (Å²) < 4.78 is 10.0. The number of thiol groups is 1. The Bertz CT molecular complexity index is 338. The van der Waals surface area contributed by atoms with Gasteiger partial charge >= 0.3 is 0 Å². The highest BCUT2D eigenvalue weighted by Crippen LogP contribution is 2.23. The molecule has 0 N–H and O–H groups in total. The second kappa shape index (κ2) is 4.67. The lowest BCUT2D eigenvalue weighted by Crippen LogP contribution is -1.97. The van der Waals surface area contributed by atoms with E-state index in [1.54, 1.807) is 7.11 Å². The largest absolute Gasteiger partial charge is 0.496 e. The van der Waals surface area contributed by atoms with Crippen molar-refractivity contribution in [3.63, 3.8) is 0 Å². The second-order valence-corrected chi connectivity index (χ2v) is 3.65. The average molecular weight is 260 g/mol. The van der Waals surface area contributed by atoms with Gasteiger partial charge in [0.25, 0.3) is 0 Å². The van der Waals surface area contributed by atoms with Gasteiger partial charge in [0, 0.05) is 10.0 Å². The summed E-state index contributed by atoms with van der Waals surface area (Å²) in [5, 5.41) is 0. The lowest BCUT2D eigenvalue weighted by Gasteiger charge is -2.07. The first-order valence-corrected chi connectivity index (χ1v) is 4.91. The van der Waals surface area contributed by atoms with Crippen molar-refractivity contribution in [3.8, 4) is 5.75 Å². The summed E-state index contributed by atoms with van der Waals surface area (Å²) >= 11 is 7.25. The standard InChI is InChI=1S/C9H10BrNOS/c1-6(11-13)8-5-7(10)3-4-9(8)12-2/h3-5,13H,1-2H3. The van der Waals surface area contributed by atoms with Gasteiger partial charge in [0.1, 0.15) is 5.75 Å². The van der Waals surface area contributed by atoms with E-state index in [1.165, 1.54) is 0 Å². The van der Waals surface area contributed by atoms with E-state index in [2.05, 4.69) is 33.1 Å². The number of nitrogens with zero attached hydrogens (tertiary/aromatic N) is 1. The minimum Gasteiger partial charge on any atom is -0.496 e. The molecule has 4 heteroatoms. The van der Waals surface area contributed by atoms with Gasteiger partial charge in [-0.1, -0.05) is 15.9 Å². The molecule has 0 amide bonds. The van der Waals surface area contributed by atoms with Crippen LogP contribution in [0.15, 0.2) is 27.1 Å². The van der Waals surface area contributed by atoms with Crippen LogP contribution in [-0.2, 0) is 0 Å². The van der Waals surface area contributed by atoms with E-state index in [0.29, 0.717) is 0 Å². The zero-order valence-corrected chi connectivity index (χ0v) is 9.89. The summed E-state index contributed by atoms with van der Waals surface area (Å²) in [6, 6.07) is 5.77. The summed E-state index contributed by atoms with van der Waals surface area (Å²) in [6.07, 6.45) is 0. The first kappa shape index (κ1) is 10.6. The van der Waals surface area contributed by atoms with Crippen molar-refractivity contribution in [1.82, 2.24) is 0 Å². The molecule has 1 aromatic rings. The maximum Gasteiger partial charge on any atom is 0.128 e. The van der Waals surface area contributed by atoms with Crippen LogP contribution in [0.25, 0.3) is 0 Å². The van der Waals surface area contributed by atoms with Crippen molar-refractivity contribution >= 4 is 34.5 Å². The molecule has 0 radical (unpaired) electrons. The molecule has 1 aromatic carbocycles. The van der Waals surface area contributed by atoms with Crippen molar-refractivity contribution in [2.45, 2.75) is 6.92 Å². The summed E-state index contributed by atoms with van der Waals surface area (Å²) in [7, 11) is 1.64. The van der Waals surface area contributed by atoms with Gasteiger partial charge in [-0.3, -0.25) is 0 Å². The highest BCUT2D eigenvalue weighted by molar-refractivity contribution is 9.10. The molecule has 0 heterocycles. The van der Waals surface area contributed by atoms with Crippen molar-refractivity contribution in [2.75, 3.05) is 7.11 Å². The van der Waals surface area contributed by atoms with Crippen LogP contribution in [0.2, 0.25) is 0 Å². The zero-order chi connectivity index (χ0) is 9.84. The van der Waals surface area contributed by atoms with E-state index in [1.807, 2.05) is 25.1 Å². The van der Waals surface area contributed by atoms with Gasteiger partial charge < -0.3 is 4.74 Å². The molecule has 70 valence electrons. The van der Waals surface area contributed by atoms with Gasteiger partial charge in [-0.05, 0) is 37.9 Å². The van der Waals surface area contributed by atoms with E-state index in [0.717, 1.165) is 21.5 Å². The molecular weight excluding hydrogens is 250 g/mol. The minimum atomic E-state index is 0.804. The maximum atomic E-state index is 5.19. The number of methoxy groups -OCH3 is 1. The van der Waals surface area contributed by atoms with E-state index in [-0.39, 0.29) is 0 Å². The molecule has 0 aliphatic heterocycles. The van der Waals surface area contributed by atoms with E-state index < -0.39 is 0 Å². The maximum absolute atomic E-state index is 5.19. The third kappa shape index (κ3) is 2.48. The number of ether oxygens (including phenoxy) is 1. The van der Waals surface area contributed by atoms with Crippen LogP contribution in [0, 0.1) is 0 Å². The zero-order valence-electron chi connectivity index (χ0n) is 7.41. The van der Waals surface area contributed by atoms with Gasteiger partial charge in [0.15, 0.2) is 0 Å². The highest BCUT2D eigenvalue weighted by Gasteiger charge is 2.05. The molecule has 0 unspecified atom stereocenters. The topological polar surface area (TPSA) is 21.6 Å². The molecule has 0 bridgehead atoms. The summed E-state index contributed by atoms with van der Waals surface area (Å²) in [5.41, 5.74) is 1.79. The van der Waals surface area contributed by atoms with Crippen molar-refractivity contribution in [1.29, 1.82) is 0 Å². The normalized spacial score (nSPS) is 11.5. The van der Waals surface area contributed by atoms with Gasteiger partial charge in [-0.15, -0.1) is 0 Å². The minimum absolute atomic E-state index is 0.804. The molecule has 13 heavy (non-hydrogen) atoms. The number of hydrogen-bond acceptors (Lipinski definition) is 3. The van der Waals surface area contributed by atoms with Gasteiger partial charge in [-0.2, -0.15) is 0 Å². The van der Waals surface area contributed by atoms with Crippen LogP contribution in [0.4, 0.5) is 0 Å². The summed E-state index contributed by atoms with van der Waals surface area (Å²) in [6.45, 7) is 1.89. The molecule has 1 rings (SSSR count). The Hall–Kier alpha value is -0.480. The van der Waals surface area contributed by atoms with Crippen LogP contribution >= 0.6 is 28.7 Å². The molecule has 0 aliphatic rings. The molecule has 2 nitrogen and oxygen atoms in total. The lowest BCUT2D eigenvalue weighted by molar-refractivity contribution is 0.414. The Labute approximate surface area is 91.7 Å². The van der Waals surface area contributed by atoms with Crippen molar-refractivity contribution < 1.29 is 4.74 Å². The predicted molar refractivity (Wildman–Crippen MR) is 61.9 cm³/mol. The third-order valence-electron chi connectivity index (χ3n) is 1.70. The smallest absolute Gasteiger partial charge is 0.128 e. The van der Waals surface area contributed by atoms with Crippen LogP contribution in [0.5, 0.6) is 5.75 Å². The Morgan fingerprint density at radius 3 is 2.77 bits per heavy atom. The van der Waals surface area contributed by atoms with E-state index in [4.69, 9.17) is 4.74 Å². The molecule has 0 saturated heterocycles. The molecule has 0 atom stereocenters. The van der Waals surface area contributed by atoms with Crippen LogP contribution < -0.4 is 4.74 Å². The van der Waals surface area contributed by atoms with E-state index in [9.17, 15) is 0 Å². The molecule has 0 fully saturated rings. The second-order valence-electron chi connectivity index (χ2n) is 2.53. The van der Waals surface area contributed by atoms with Gasteiger partial charge in [0.2, 0.25) is 0 Å². The van der Waals surface area contributed by atoms with Crippen LogP contribution in [0.3, 0.4) is 0 Å². The summed E-state index contributed by atoms with van der Waals surface area (Å²) in [5.74, 6) is 0.804. The van der Waals surface area contributed by atoms with Gasteiger partial charge in [-0.25, -0.2) is 4.40 Å². The Morgan fingerprint density at radius 1 is 1.54 bits per heavy atom. The SMILES string of the molecule is COc1ccc(Br)cc1C(C)=NS. The fraction of sp³-hybridized carbons (Fsp3) is 0.222. The fourth-order valence-corrected chi connectivity index (χ4v) is 1.49. The van der Waals surface area contributed by atoms with E-state index >= 15 is 0 Å². The Morgan fingerprint density at radius 2 is 2.23 bits per heavy atom. The Balaban J connectivity index is 3.23. The van der Waals surface area contributed by atoms with Crippen molar-refractivity contribution in [2.24, 2.45) is 4.40 Å². The molecular formula is C9H10BrNOS.